The molecule has 0 aromatic heterocycles. The van der Waals surface area contributed by atoms with Gasteiger partial charge in [0.1, 0.15) is 0 Å². The van der Waals surface area contributed by atoms with Crippen LogP contribution >= 0.6 is 0 Å². The summed E-state index contributed by atoms with van der Waals surface area (Å²) in [7, 11) is 0. The molecule has 1 aliphatic heterocycles. The average molecular weight is 127 g/mol. The zero-order valence-corrected chi connectivity index (χ0v) is 5.60. The van der Waals surface area contributed by atoms with Crippen LogP contribution in [-0.2, 0) is 0 Å². The van der Waals surface area contributed by atoms with Crippen LogP contribution in [-0.4, -0.2) is 13.1 Å². The zero-order chi connectivity index (χ0) is 6.69. The van der Waals surface area contributed by atoms with Crippen LogP contribution in [0.1, 0.15) is 12.8 Å². The molecule has 2 unspecified atom stereocenters. The van der Waals surface area contributed by atoms with Gasteiger partial charge in [0.25, 0.3) is 0 Å². The van der Waals surface area contributed by atoms with Crippen LogP contribution in [0.25, 0.3) is 0 Å². The first-order valence-corrected chi connectivity index (χ1v) is 3.45. The minimum Gasteiger partial charge on any atom is -0.634 e. The Labute approximate surface area is 55.7 Å². The molecule has 0 bridgehead atoms. The Morgan fingerprint density at radius 3 is 3.00 bits per heavy atom. The third kappa shape index (κ3) is 1.80. The standard InChI is InChI=1S/C7H13NO/c1-2-3-7-4-5-8(9)6-7/h2,7-8H,1,3-6H2. The lowest BCUT2D eigenvalue weighted by molar-refractivity contribution is -0.835. The molecule has 1 rings (SSSR count). The third-order valence-electron chi connectivity index (χ3n) is 1.85. The Balaban J connectivity index is 2.21. The van der Waals surface area contributed by atoms with Crippen LogP contribution < -0.4 is 5.06 Å². The molecule has 52 valence electrons. The molecule has 1 aliphatic rings. The molecule has 9 heavy (non-hydrogen) atoms. The summed E-state index contributed by atoms with van der Waals surface area (Å²) in [6.45, 7) is 5.24. The molecule has 1 saturated heterocycles. The maximum absolute atomic E-state index is 10.7. The van der Waals surface area contributed by atoms with E-state index in [-0.39, 0.29) is 0 Å². The predicted molar refractivity (Wildman–Crippen MR) is 37.0 cm³/mol. The molecule has 0 saturated carbocycles. The maximum Gasteiger partial charge on any atom is 0.0802 e. The van der Waals surface area contributed by atoms with Crippen LogP contribution in [0.4, 0.5) is 0 Å². The summed E-state index contributed by atoms with van der Waals surface area (Å²) in [5, 5.41) is 11.1. The van der Waals surface area contributed by atoms with E-state index >= 15 is 0 Å². The van der Waals surface area contributed by atoms with E-state index in [1.165, 1.54) is 0 Å². The van der Waals surface area contributed by atoms with Gasteiger partial charge >= 0.3 is 0 Å². The highest BCUT2D eigenvalue weighted by molar-refractivity contribution is 4.74. The summed E-state index contributed by atoms with van der Waals surface area (Å²) in [6, 6.07) is 0. The summed E-state index contributed by atoms with van der Waals surface area (Å²) in [4.78, 5) is 0. The van der Waals surface area contributed by atoms with E-state index in [1.54, 1.807) is 0 Å². The quantitative estimate of drug-likeness (QED) is 0.409. The Kier molecular flexibility index (Phi) is 2.25. The Morgan fingerprint density at radius 1 is 1.78 bits per heavy atom. The molecule has 0 aromatic carbocycles. The van der Waals surface area contributed by atoms with Crippen LogP contribution in [0.5, 0.6) is 0 Å². The van der Waals surface area contributed by atoms with Gasteiger partial charge in [0, 0.05) is 12.3 Å². The summed E-state index contributed by atoms with van der Waals surface area (Å²) in [6.07, 6.45) is 4.01. The fourth-order valence-electron chi connectivity index (χ4n) is 1.33. The second-order valence-corrected chi connectivity index (χ2v) is 2.67. The maximum atomic E-state index is 10.7. The zero-order valence-electron chi connectivity index (χ0n) is 5.60. The van der Waals surface area contributed by atoms with Crippen molar-refractivity contribution in [3.8, 4) is 0 Å². The Morgan fingerprint density at radius 2 is 2.56 bits per heavy atom. The molecule has 0 aliphatic carbocycles. The van der Waals surface area contributed by atoms with Crippen molar-refractivity contribution in [3.63, 3.8) is 0 Å². The van der Waals surface area contributed by atoms with Crippen molar-refractivity contribution in [1.29, 1.82) is 0 Å². The monoisotopic (exact) mass is 127 g/mol. The lowest BCUT2D eigenvalue weighted by atomic mass is 10.1. The molecule has 0 spiro atoms. The fourth-order valence-corrected chi connectivity index (χ4v) is 1.33. The van der Waals surface area contributed by atoms with Crippen LogP contribution in [0.15, 0.2) is 12.7 Å². The highest BCUT2D eigenvalue weighted by Crippen LogP contribution is 2.08. The van der Waals surface area contributed by atoms with Gasteiger partial charge in [-0.1, -0.05) is 6.08 Å². The molecule has 1 fully saturated rings. The van der Waals surface area contributed by atoms with E-state index in [1.807, 2.05) is 6.08 Å². The van der Waals surface area contributed by atoms with Gasteiger partial charge in [-0.15, -0.1) is 6.58 Å². The molecular formula is C7H13NO. The van der Waals surface area contributed by atoms with Crippen molar-refractivity contribution >= 4 is 0 Å². The molecule has 2 atom stereocenters. The van der Waals surface area contributed by atoms with Gasteiger partial charge in [-0.25, -0.2) is 0 Å². The van der Waals surface area contributed by atoms with E-state index < -0.39 is 0 Å². The van der Waals surface area contributed by atoms with Gasteiger partial charge in [-0.2, -0.15) is 0 Å². The van der Waals surface area contributed by atoms with Gasteiger partial charge in [0.15, 0.2) is 0 Å². The van der Waals surface area contributed by atoms with Crippen molar-refractivity contribution in [1.82, 2.24) is 0 Å². The minimum atomic E-state index is 0.432. The molecular weight excluding hydrogens is 114 g/mol. The molecule has 2 heteroatoms. The van der Waals surface area contributed by atoms with Crippen LogP contribution in [0.3, 0.4) is 0 Å². The largest absolute Gasteiger partial charge is 0.634 e. The lowest BCUT2D eigenvalue weighted by Crippen LogP contribution is -3.05. The molecule has 2 nitrogen and oxygen atoms in total. The first kappa shape index (κ1) is 6.78. The Hall–Kier alpha value is -0.340. The van der Waals surface area contributed by atoms with Crippen molar-refractivity contribution in [3.05, 3.63) is 17.9 Å². The summed E-state index contributed by atoms with van der Waals surface area (Å²) >= 11 is 0. The highest BCUT2D eigenvalue weighted by atomic mass is 16.5. The van der Waals surface area contributed by atoms with Crippen LogP contribution in [0, 0.1) is 11.1 Å². The predicted octanol–water partition coefficient (Wildman–Crippen LogP) is -0.0349. The SMILES string of the molecule is C=CCC1CC[NH+]([O-])C1. The first-order chi connectivity index (χ1) is 4.33. The van der Waals surface area contributed by atoms with Crippen molar-refractivity contribution < 1.29 is 5.06 Å². The number of hydroxylamine groups is 2. The number of hydrogen-bond acceptors (Lipinski definition) is 1. The third-order valence-corrected chi connectivity index (χ3v) is 1.85. The summed E-state index contributed by atoms with van der Waals surface area (Å²) in [5.74, 6) is 0.620. The summed E-state index contributed by atoms with van der Waals surface area (Å²) < 4.78 is 0. The van der Waals surface area contributed by atoms with Gasteiger partial charge in [0.05, 0.1) is 13.1 Å². The second kappa shape index (κ2) is 2.99. The van der Waals surface area contributed by atoms with E-state index in [9.17, 15) is 5.21 Å². The molecule has 0 radical (unpaired) electrons. The molecule has 1 heterocycles. The highest BCUT2D eigenvalue weighted by Gasteiger charge is 2.18. The first-order valence-electron chi connectivity index (χ1n) is 3.45. The van der Waals surface area contributed by atoms with Crippen LogP contribution in [0.2, 0.25) is 0 Å². The van der Waals surface area contributed by atoms with E-state index in [4.69, 9.17) is 0 Å². The summed E-state index contributed by atoms with van der Waals surface area (Å²) in [5.41, 5.74) is 0. The van der Waals surface area contributed by atoms with Crippen molar-refractivity contribution in [2.75, 3.05) is 13.1 Å². The molecule has 0 amide bonds. The van der Waals surface area contributed by atoms with E-state index in [0.29, 0.717) is 11.0 Å². The number of quaternary nitrogens is 1. The number of nitrogens with one attached hydrogen (secondary N) is 1. The number of allylic oxidation sites excluding steroid dienone is 1. The molecule has 1 N–H and O–H groups in total. The van der Waals surface area contributed by atoms with Gasteiger partial charge in [-0.05, 0) is 6.42 Å². The van der Waals surface area contributed by atoms with Crippen molar-refractivity contribution in [2.45, 2.75) is 12.8 Å². The minimum absolute atomic E-state index is 0.432. The van der Waals surface area contributed by atoms with Gasteiger partial charge in [0.2, 0.25) is 0 Å². The van der Waals surface area contributed by atoms with Gasteiger partial charge in [-0.3, -0.25) is 0 Å². The second-order valence-electron chi connectivity index (χ2n) is 2.67. The number of hydrogen-bond donors (Lipinski definition) is 1. The average Bonchev–Trinajstić information content (AvgIpc) is 2.17. The van der Waals surface area contributed by atoms with Gasteiger partial charge < -0.3 is 10.3 Å². The topological polar surface area (TPSA) is 27.5 Å². The van der Waals surface area contributed by atoms with Crippen molar-refractivity contribution in [2.24, 2.45) is 5.92 Å². The van der Waals surface area contributed by atoms with E-state index in [2.05, 4.69) is 6.58 Å². The normalized spacial score (nSPS) is 34.8. The molecule has 0 aromatic rings. The number of rotatable bonds is 2. The lowest BCUT2D eigenvalue weighted by Gasteiger charge is -2.13. The van der Waals surface area contributed by atoms with E-state index in [0.717, 1.165) is 25.9 Å². The fraction of sp³-hybridized carbons (Fsp3) is 0.714. The smallest absolute Gasteiger partial charge is 0.0802 e. The Bertz CT molecular complexity index is 103.